The molecular formula is C10H8ClNO2. The van der Waals surface area contributed by atoms with E-state index in [4.69, 9.17) is 22.4 Å². The van der Waals surface area contributed by atoms with Gasteiger partial charge in [0.15, 0.2) is 0 Å². The third kappa shape index (κ3) is 2.49. The molecule has 1 aromatic rings. The highest BCUT2D eigenvalue weighted by molar-refractivity contribution is 6.33. The predicted octanol–water partition coefficient (Wildman–Crippen LogP) is 1.35. The van der Waals surface area contributed by atoms with Gasteiger partial charge in [-0.15, -0.1) is 0 Å². The van der Waals surface area contributed by atoms with Crippen molar-refractivity contribution in [1.29, 1.82) is 0 Å². The molecule has 0 aliphatic rings. The van der Waals surface area contributed by atoms with Crippen LogP contribution in [-0.4, -0.2) is 17.6 Å². The highest BCUT2D eigenvalue weighted by Crippen LogP contribution is 2.17. The lowest BCUT2D eigenvalue weighted by Crippen LogP contribution is -1.97. The van der Waals surface area contributed by atoms with E-state index in [1.807, 2.05) is 0 Å². The Bertz CT molecular complexity index is 418. The molecule has 0 spiro atoms. The minimum atomic E-state index is -1.05. The van der Waals surface area contributed by atoms with E-state index in [1.54, 1.807) is 6.07 Å². The first-order chi connectivity index (χ1) is 6.65. The van der Waals surface area contributed by atoms with Gasteiger partial charge < -0.3 is 10.8 Å². The number of carbonyl (C=O) groups is 1. The second kappa shape index (κ2) is 4.66. The largest absolute Gasteiger partial charge is 0.478 e. The van der Waals surface area contributed by atoms with Crippen molar-refractivity contribution in [2.45, 2.75) is 0 Å². The number of nitrogens with two attached hydrogens (primary N) is 1. The summed E-state index contributed by atoms with van der Waals surface area (Å²) in [6.07, 6.45) is 0. The molecule has 0 amide bonds. The minimum absolute atomic E-state index is 0.0740. The summed E-state index contributed by atoms with van der Waals surface area (Å²) in [5, 5.41) is 8.87. The average Bonchev–Trinajstić information content (AvgIpc) is 2.14. The number of rotatable bonds is 1. The molecule has 0 aromatic heterocycles. The number of benzene rings is 1. The molecule has 0 unspecified atom stereocenters. The topological polar surface area (TPSA) is 63.3 Å². The van der Waals surface area contributed by atoms with Gasteiger partial charge in [-0.2, -0.15) is 0 Å². The van der Waals surface area contributed by atoms with Crippen LogP contribution in [0.5, 0.6) is 0 Å². The zero-order valence-corrected chi connectivity index (χ0v) is 8.01. The summed E-state index contributed by atoms with van der Waals surface area (Å²) in [6.45, 7) is 0.262. The van der Waals surface area contributed by atoms with E-state index in [-0.39, 0.29) is 17.1 Å². The third-order valence-corrected chi connectivity index (χ3v) is 1.85. The van der Waals surface area contributed by atoms with Crippen LogP contribution < -0.4 is 5.73 Å². The van der Waals surface area contributed by atoms with E-state index < -0.39 is 5.97 Å². The van der Waals surface area contributed by atoms with Crippen LogP contribution in [0.25, 0.3) is 0 Å². The third-order valence-electron chi connectivity index (χ3n) is 1.53. The summed E-state index contributed by atoms with van der Waals surface area (Å²) in [6, 6.07) is 4.52. The van der Waals surface area contributed by atoms with Crippen LogP contribution in [0.1, 0.15) is 15.9 Å². The van der Waals surface area contributed by atoms with Crippen molar-refractivity contribution in [3.63, 3.8) is 0 Å². The van der Waals surface area contributed by atoms with E-state index in [0.717, 1.165) is 0 Å². The van der Waals surface area contributed by atoms with Crippen molar-refractivity contribution >= 4 is 17.6 Å². The highest BCUT2D eigenvalue weighted by Gasteiger charge is 2.07. The van der Waals surface area contributed by atoms with Crippen molar-refractivity contribution in [2.75, 3.05) is 6.54 Å². The van der Waals surface area contributed by atoms with Gasteiger partial charge in [-0.05, 0) is 18.2 Å². The lowest BCUT2D eigenvalue weighted by molar-refractivity contribution is 0.0697. The maximum absolute atomic E-state index is 10.6. The normalized spacial score (nSPS) is 9.00. The second-order valence-corrected chi connectivity index (χ2v) is 2.91. The van der Waals surface area contributed by atoms with Crippen molar-refractivity contribution in [1.82, 2.24) is 0 Å². The van der Waals surface area contributed by atoms with Gasteiger partial charge in [0.05, 0.1) is 17.1 Å². The number of hydrogen-bond donors (Lipinski definition) is 2. The molecule has 0 radical (unpaired) electrons. The first kappa shape index (κ1) is 10.6. The van der Waals surface area contributed by atoms with Crippen LogP contribution in [0.15, 0.2) is 18.2 Å². The first-order valence-electron chi connectivity index (χ1n) is 3.87. The molecule has 0 saturated heterocycles. The van der Waals surface area contributed by atoms with E-state index in [1.165, 1.54) is 12.1 Å². The van der Waals surface area contributed by atoms with Gasteiger partial charge in [0.1, 0.15) is 0 Å². The molecule has 0 saturated carbocycles. The van der Waals surface area contributed by atoms with Gasteiger partial charge in [-0.25, -0.2) is 4.79 Å². The predicted molar refractivity (Wildman–Crippen MR) is 54.3 cm³/mol. The van der Waals surface area contributed by atoms with E-state index in [2.05, 4.69) is 11.8 Å². The standard InChI is InChI=1S/C10H8ClNO2/c11-9-6-7(2-1-5-12)3-4-8(9)10(13)14/h3-4,6H,5,12H2,(H,13,14). The summed E-state index contributed by atoms with van der Waals surface area (Å²) >= 11 is 5.72. The molecule has 3 nitrogen and oxygen atoms in total. The summed E-state index contributed by atoms with van der Waals surface area (Å²) in [7, 11) is 0. The molecule has 3 N–H and O–H groups in total. The number of carboxylic acids is 1. The molecule has 0 heterocycles. The van der Waals surface area contributed by atoms with Gasteiger partial charge in [-0.1, -0.05) is 23.4 Å². The van der Waals surface area contributed by atoms with E-state index in [9.17, 15) is 4.79 Å². The Morgan fingerprint density at radius 3 is 2.79 bits per heavy atom. The van der Waals surface area contributed by atoms with Crippen LogP contribution in [0, 0.1) is 11.8 Å². The fourth-order valence-corrected chi connectivity index (χ4v) is 1.18. The van der Waals surface area contributed by atoms with Crippen LogP contribution in [0.3, 0.4) is 0 Å². The SMILES string of the molecule is NCC#Cc1ccc(C(=O)O)c(Cl)c1. The number of hydrogen-bond acceptors (Lipinski definition) is 2. The lowest BCUT2D eigenvalue weighted by atomic mass is 10.1. The summed E-state index contributed by atoms with van der Waals surface area (Å²) < 4.78 is 0. The van der Waals surface area contributed by atoms with Gasteiger partial charge in [-0.3, -0.25) is 0 Å². The fourth-order valence-electron chi connectivity index (χ4n) is 0.919. The Hall–Kier alpha value is -1.50. The van der Waals surface area contributed by atoms with Crippen molar-refractivity contribution < 1.29 is 9.90 Å². The van der Waals surface area contributed by atoms with Crippen molar-refractivity contribution in [3.8, 4) is 11.8 Å². The molecule has 1 rings (SSSR count). The zero-order chi connectivity index (χ0) is 10.6. The Kier molecular flexibility index (Phi) is 3.52. The van der Waals surface area contributed by atoms with Crippen LogP contribution in [0.2, 0.25) is 5.02 Å². The van der Waals surface area contributed by atoms with Gasteiger partial charge in [0.25, 0.3) is 0 Å². The number of aromatic carboxylic acids is 1. The van der Waals surface area contributed by atoms with Crippen LogP contribution in [0.4, 0.5) is 0 Å². The molecule has 1 aromatic carbocycles. The Morgan fingerprint density at radius 2 is 2.29 bits per heavy atom. The number of carboxylic acid groups (broad SMARTS) is 1. The fraction of sp³-hybridized carbons (Fsp3) is 0.100. The summed E-state index contributed by atoms with van der Waals surface area (Å²) in [5.41, 5.74) is 5.92. The lowest BCUT2D eigenvalue weighted by Gasteiger charge is -1.98. The van der Waals surface area contributed by atoms with Gasteiger partial charge in [0, 0.05) is 5.56 Å². The molecule has 0 aliphatic heterocycles. The van der Waals surface area contributed by atoms with E-state index in [0.29, 0.717) is 5.56 Å². The van der Waals surface area contributed by atoms with Gasteiger partial charge >= 0.3 is 5.97 Å². The summed E-state index contributed by atoms with van der Waals surface area (Å²) in [4.78, 5) is 10.6. The van der Waals surface area contributed by atoms with Crippen molar-refractivity contribution in [2.24, 2.45) is 5.73 Å². The molecule has 72 valence electrons. The Labute approximate surface area is 86.5 Å². The first-order valence-corrected chi connectivity index (χ1v) is 4.24. The second-order valence-electron chi connectivity index (χ2n) is 2.51. The van der Waals surface area contributed by atoms with Crippen molar-refractivity contribution in [3.05, 3.63) is 34.3 Å². The zero-order valence-electron chi connectivity index (χ0n) is 7.25. The van der Waals surface area contributed by atoms with Gasteiger partial charge in [0.2, 0.25) is 0 Å². The van der Waals surface area contributed by atoms with E-state index >= 15 is 0 Å². The van der Waals surface area contributed by atoms with Crippen LogP contribution in [-0.2, 0) is 0 Å². The molecule has 0 atom stereocenters. The monoisotopic (exact) mass is 209 g/mol. The maximum Gasteiger partial charge on any atom is 0.337 e. The Balaban J connectivity index is 3.06. The highest BCUT2D eigenvalue weighted by atomic mass is 35.5. The summed E-state index contributed by atoms with van der Waals surface area (Å²) in [5.74, 6) is 4.36. The average molecular weight is 210 g/mol. The maximum atomic E-state index is 10.6. The minimum Gasteiger partial charge on any atom is -0.478 e. The molecular weight excluding hydrogens is 202 g/mol. The Morgan fingerprint density at radius 1 is 1.57 bits per heavy atom. The molecule has 0 bridgehead atoms. The molecule has 14 heavy (non-hydrogen) atoms. The molecule has 0 aliphatic carbocycles. The smallest absolute Gasteiger partial charge is 0.337 e. The molecule has 0 fully saturated rings. The number of halogens is 1. The van der Waals surface area contributed by atoms with Crippen LogP contribution >= 0.6 is 11.6 Å². The molecule has 4 heteroatoms. The quantitative estimate of drug-likeness (QED) is 0.687.